The summed E-state index contributed by atoms with van der Waals surface area (Å²) in [6, 6.07) is 1.15. The first kappa shape index (κ1) is 52.4. The third-order valence-electron chi connectivity index (χ3n) is 12.8. The van der Waals surface area contributed by atoms with E-state index in [9.17, 15) is 9.59 Å². The topological polar surface area (TPSA) is 62.3 Å². The highest BCUT2D eigenvalue weighted by Gasteiger charge is 2.30. The van der Waals surface area contributed by atoms with Gasteiger partial charge in [0.15, 0.2) is 0 Å². The molecule has 0 N–H and O–H groups in total. The van der Waals surface area contributed by atoms with Crippen molar-refractivity contribution in [3.05, 3.63) is 24.3 Å². The van der Waals surface area contributed by atoms with Crippen molar-refractivity contribution in [1.29, 1.82) is 0 Å². The van der Waals surface area contributed by atoms with Crippen molar-refractivity contribution in [3.63, 3.8) is 0 Å². The van der Waals surface area contributed by atoms with Crippen molar-refractivity contribution in [2.24, 2.45) is 0 Å². The number of nitrogens with zero attached hydrogens (tertiary/aromatic N) is 3. The molecule has 2 saturated heterocycles. The minimum absolute atomic E-state index is 0.0685. The van der Waals surface area contributed by atoms with Crippen LogP contribution in [-0.2, 0) is 19.1 Å². The number of carbonyl (C=O) groups is 2. The van der Waals surface area contributed by atoms with E-state index in [2.05, 4.69) is 59.9 Å². The van der Waals surface area contributed by atoms with Gasteiger partial charge in [0.2, 0.25) is 0 Å². The van der Waals surface area contributed by atoms with E-state index in [0.717, 1.165) is 51.6 Å². The number of likely N-dealkylation sites (tertiary alicyclic amines) is 2. The summed E-state index contributed by atoms with van der Waals surface area (Å²) >= 11 is 0. The third kappa shape index (κ3) is 29.5. The highest BCUT2D eigenvalue weighted by atomic mass is 16.5. The van der Waals surface area contributed by atoms with Crippen LogP contribution in [0.4, 0.5) is 0 Å². The van der Waals surface area contributed by atoms with Crippen LogP contribution in [0.5, 0.6) is 0 Å². The Bertz CT molecular complexity index is 944. The molecule has 2 fully saturated rings. The van der Waals surface area contributed by atoms with E-state index in [4.69, 9.17) is 9.47 Å². The molecule has 0 spiro atoms. The molecule has 2 aliphatic heterocycles. The molecule has 0 aromatic carbocycles. The van der Waals surface area contributed by atoms with Gasteiger partial charge in [0.05, 0.1) is 0 Å². The molecular formula is C51H95N3O4. The molecule has 2 aliphatic rings. The summed E-state index contributed by atoms with van der Waals surface area (Å²) in [5.41, 5.74) is 0. The maximum absolute atomic E-state index is 12.6. The summed E-state index contributed by atoms with van der Waals surface area (Å²) < 4.78 is 11.5. The lowest BCUT2D eigenvalue weighted by atomic mass is 9.97. The second kappa shape index (κ2) is 38.2. The van der Waals surface area contributed by atoms with Gasteiger partial charge in [-0.25, -0.2) is 0 Å². The van der Waals surface area contributed by atoms with Gasteiger partial charge < -0.3 is 19.3 Å². The first-order chi connectivity index (χ1) is 28.5. The van der Waals surface area contributed by atoms with Gasteiger partial charge in [-0.15, -0.1) is 0 Å². The Labute approximate surface area is 359 Å². The van der Waals surface area contributed by atoms with E-state index >= 15 is 0 Å². The SMILES string of the molecule is CCCCCCCC/C=C\CCCCCCCC(=O)OCCN(CCOC(=O)CCCCCCC/C=C\CCCCCCCC)C1CCN(C2CCN(C)CC2)CC1. The zero-order valence-corrected chi connectivity index (χ0v) is 38.7. The van der Waals surface area contributed by atoms with E-state index in [-0.39, 0.29) is 11.9 Å². The Hall–Kier alpha value is -1.70. The van der Waals surface area contributed by atoms with Gasteiger partial charge in [-0.3, -0.25) is 14.5 Å². The maximum atomic E-state index is 12.6. The fraction of sp³-hybridized carbons (Fsp3) is 0.882. The van der Waals surface area contributed by atoms with Gasteiger partial charge in [-0.2, -0.15) is 0 Å². The minimum atomic E-state index is -0.0685. The molecule has 7 heteroatoms. The van der Waals surface area contributed by atoms with Crippen molar-refractivity contribution in [2.75, 3.05) is 59.5 Å². The fourth-order valence-corrected chi connectivity index (χ4v) is 8.83. The van der Waals surface area contributed by atoms with Crippen molar-refractivity contribution in [1.82, 2.24) is 14.7 Å². The molecule has 0 atom stereocenters. The van der Waals surface area contributed by atoms with Crippen LogP contribution in [0, 0.1) is 0 Å². The number of piperidine rings is 2. The molecule has 0 radical (unpaired) electrons. The highest BCUT2D eigenvalue weighted by Crippen LogP contribution is 2.23. The summed E-state index contributed by atoms with van der Waals surface area (Å²) in [4.78, 5) is 32.9. The number of rotatable bonds is 38. The van der Waals surface area contributed by atoms with Crippen LogP contribution < -0.4 is 0 Å². The Balaban J connectivity index is 1.58. The molecule has 58 heavy (non-hydrogen) atoms. The minimum Gasteiger partial charge on any atom is -0.464 e. The summed E-state index contributed by atoms with van der Waals surface area (Å²) in [5, 5.41) is 0. The van der Waals surface area contributed by atoms with Crippen LogP contribution in [0.3, 0.4) is 0 Å². The Morgan fingerprint density at radius 3 is 1.26 bits per heavy atom. The van der Waals surface area contributed by atoms with Gasteiger partial charge in [-0.1, -0.05) is 141 Å². The van der Waals surface area contributed by atoms with E-state index in [1.54, 1.807) is 0 Å². The number of esters is 2. The maximum Gasteiger partial charge on any atom is 0.305 e. The first-order valence-electron chi connectivity index (χ1n) is 25.3. The molecular weight excluding hydrogens is 719 g/mol. The van der Waals surface area contributed by atoms with Gasteiger partial charge in [0.25, 0.3) is 0 Å². The van der Waals surface area contributed by atoms with E-state index in [1.165, 1.54) is 167 Å². The first-order valence-corrected chi connectivity index (χ1v) is 25.3. The molecule has 0 aliphatic carbocycles. The molecule has 7 nitrogen and oxygen atoms in total. The summed E-state index contributed by atoms with van der Waals surface area (Å²) in [7, 11) is 2.23. The van der Waals surface area contributed by atoms with Gasteiger partial charge in [0, 0.05) is 38.0 Å². The fourth-order valence-electron chi connectivity index (χ4n) is 8.83. The average molecular weight is 814 g/mol. The zero-order chi connectivity index (χ0) is 41.6. The van der Waals surface area contributed by atoms with Crippen LogP contribution >= 0.6 is 0 Å². The molecule has 0 aromatic heterocycles. The molecule has 338 valence electrons. The second-order valence-electron chi connectivity index (χ2n) is 17.9. The number of unbranched alkanes of at least 4 members (excludes halogenated alkanes) is 22. The van der Waals surface area contributed by atoms with Crippen LogP contribution in [0.15, 0.2) is 24.3 Å². The van der Waals surface area contributed by atoms with Gasteiger partial charge >= 0.3 is 11.9 Å². The average Bonchev–Trinajstić information content (AvgIpc) is 3.23. The number of ether oxygens (including phenoxy) is 2. The molecule has 0 amide bonds. The largest absolute Gasteiger partial charge is 0.464 e. The molecule has 0 unspecified atom stereocenters. The quantitative estimate of drug-likeness (QED) is 0.0349. The van der Waals surface area contributed by atoms with E-state index in [1.807, 2.05) is 0 Å². The second-order valence-corrected chi connectivity index (χ2v) is 17.9. The molecule has 2 heterocycles. The van der Waals surface area contributed by atoms with Crippen molar-refractivity contribution >= 4 is 11.9 Å². The standard InChI is InChI=1S/C51H95N3O4/c1-4-6-8-10-12-14-16-18-20-22-24-26-28-30-32-34-50(55)57-46-44-54(49-38-42-53(43-39-49)48-36-40-52(3)41-37-48)45-47-58-51(56)35-33-31-29-27-25-23-21-19-17-15-13-11-9-7-5-2/h18-21,48-49H,4-17,22-47H2,1-3H3/b20-18-,21-19-. The molecule has 0 saturated carbocycles. The lowest BCUT2D eigenvalue weighted by Crippen LogP contribution is -2.51. The van der Waals surface area contributed by atoms with Gasteiger partial charge in [-0.05, 0) is 123 Å². The smallest absolute Gasteiger partial charge is 0.305 e. The van der Waals surface area contributed by atoms with Crippen LogP contribution in [-0.4, -0.2) is 98.3 Å². The Morgan fingerprint density at radius 1 is 0.500 bits per heavy atom. The number of allylic oxidation sites excluding steroid dienone is 4. The molecule has 2 rings (SSSR count). The predicted octanol–water partition coefficient (Wildman–Crippen LogP) is 13.0. The normalized spacial score (nSPS) is 16.3. The zero-order valence-electron chi connectivity index (χ0n) is 38.7. The molecule has 0 bridgehead atoms. The van der Waals surface area contributed by atoms with E-state index in [0.29, 0.717) is 51.2 Å². The third-order valence-corrected chi connectivity index (χ3v) is 12.8. The lowest BCUT2D eigenvalue weighted by molar-refractivity contribution is -0.145. The summed E-state index contributed by atoms with van der Waals surface area (Å²) in [6.07, 6.45) is 47.9. The predicted molar refractivity (Wildman–Crippen MR) is 248 cm³/mol. The van der Waals surface area contributed by atoms with E-state index < -0.39 is 0 Å². The summed E-state index contributed by atoms with van der Waals surface area (Å²) in [6.45, 7) is 11.5. The number of hydrogen-bond donors (Lipinski definition) is 0. The lowest BCUT2D eigenvalue weighted by Gasteiger charge is -2.43. The van der Waals surface area contributed by atoms with Crippen LogP contribution in [0.2, 0.25) is 0 Å². The van der Waals surface area contributed by atoms with Crippen molar-refractivity contribution in [2.45, 2.75) is 231 Å². The monoisotopic (exact) mass is 814 g/mol. The number of hydrogen-bond acceptors (Lipinski definition) is 7. The highest BCUT2D eigenvalue weighted by molar-refractivity contribution is 5.69. The van der Waals surface area contributed by atoms with Gasteiger partial charge in [0.1, 0.15) is 13.2 Å². The van der Waals surface area contributed by atoms with Crippen molar-refractivity contribution < 1.29 is 19.1 Å². The Kier molecular flexibility index (Phi) is 34.6. The summed E-state index contributed by atoms with van der Waals surface area (Å²) in [5.74, 6) is -0.137. The molecule has 0 aromatic rings. The van der Waals surface area contributed by atoms with Crippen LogP contribution in [0.1, 0.15) is 219 Å². The van der Waals surface area contributed by atoms with Crippen molar-refractivity contribution in [3.8, 4) is 0 Å². The van der Waals surface area contributed by atoms with Crippen LogP contribution in [0.25, 0.3) is 0 Å². The Morgan fingerprint density at radius 2 is 0.862 bits per heavy atom. The number of carbonyl (C=O) groups excluding carboxylic acids is 2.